The van der Waals surface area contributed by atoms with Crippen molar-refractivity contribution < 1.29 is 13.2 Å². The molecule has 1 heterocycles. The van der Waals surface area contributed by atoms with Crippen LogP contribution in [0.5, 0.6) is 0 Å². The first-order valence-corrected chi connectivity index (χ1v) is 7.45. The predicted octanol–water partition coefficient (Wildman–Crippen LogP) is -0.226. The summed E-state index contributed by atoms with van der Waals surface area (Å²) in [7, 11) is -3.10. The Hall–Kier alpha value is -0.170. The van der Waals surface area contributed by atoms with E-state index < -0.39 is 10.0 Å². The van der Waals surface area contributed by atoms with Crippen molar-refractivity contribution in [2.75, 3.05) is 25.4 Å². The largest absolute Gasteiger partial charge is 0.371 e. The van der Waals surface area contributed by atoms with Gasteiger partial charge in [0, 0.05) is 19.6 Å². The van der Waals surface area contributed by atoms with Crippen LogP contribution in [0, 0.1) is 5.92 Å². The molecule has 2 aliphatic rings. The number of nitrogens with zero attached hydrogens (tertiary/aromatic N) is 1. The van der Waals surface area contributed by atoms with Crippen molar-refractivity contribution in [2.45, 2.75) is 32.0 Å². The van der Waals surface area contributed by atoms with Crippen molar-refractivity contribution in [3.05, 3.63) is 0 Å². The van der Waals surface area contributed by atoms with Gasteiger partial charge in [0.2, 0.25) is 10.0 Å². The van der Waals surface area contributed by atoms with E-state index in [2.05, 4.69) is 0 Å². The van der Waals surface area contributed by atoms with Crippen molar-refractivity contribution >= 4 is 10.0 Å². The first-order chi connectivity index (χ1) is 7.51. The Morgan fingerprint density at radius 1 is 1.38 bits per heavy atom. The number of nitrogens with two attached hydrogens (primary N) is 1. The summed E-state index contributed by atoms with van der Waals surface area (Å²) in [4.78, 5) is 0. The summed E-state index contributed by atoms with van der Waals surface area (Å²) < 4.78 is 31.2. The molecule has 0 aromatic rings. The predicted molar refractivity (Wildman–Crippen MR) is 61.5 cm³/mol. The van der Waals surface area contributed by atoms with Crippen LogP contribution in [0.4, 0.5) is 0 Å². The normalized spacial score (nSPS) is 32.9. The molecule has 6 heteroatoms. The Labute approximate surface area is 97.0 Å². The molecule has 0 spiro atoms. The first-order valence-electron chi connectivity index (χ1n) is 5.84. The smallest absolute Gasteiger partial charge is 0.214 e. The quantitative estimate of drug-likeness (QED) is 0.746. The molecule has 0 bridgehead atoms. The molecule has 2 N–H and O–H groups in total. The number of morpholine rings is 1. The van der Waals surface area contributed by atoms with Gasteiger partial charge in [-0.15, -0.1) is 0 Å². The average Bonchev–Trinajstić information content (AvgIpc) is 3.00. The highest BCUT2D eigenvalue weighted by atomic mass is 32.2. The molecular formula is C10H20N2O3S. The summed E-state index contributed by atoms with van der Waals surface area (Å²) in [6, 6.07) is 0. The van der Waals surface area contributed by atoms with Gasteiger partial charge in [0.25, 0.3) is 0 Å². The lowest BCUT2D eigenvalue weighted by molar-refractivity contribution is -0.0486. The fraction of sp³-hybridized carbons (Fsp3) is 1.00. The molecule has 2 unspecified atom stereocenters. The minimum Gasteiger partial charge on any atom is -0.371 e. The molecule has 1 aliphatic heterocycles. The second kappa shape index (κ2) is 4.60. The summed E-state index contributed by atoms with van der Waals surface area (Å²) in [5, 5.41) is 0. The molecule has 2 atom stereocenters. The zero-order chi connectivity index (χ0) is 11.8. The van der Waals surface area contributed by atoms with Crippen LogP contribution >= 0.6 is 0 Å². The van der Waals surface area contributed by atoms with E-state index in [0.717, 1.165) is 12.8 Å². The van der Waals surface area contributed by atoms with E-state index in [1.54, 1.807) is 4.31 Å². The molecule has 1 saturated carbocycles. The zero-order valence-electron chi connectivity index (χ0n) is 9.63. The summed E-state index contributed by atoms with van der Waals surface area (Å²) in [6.45, 7) is 3.14. The Morgan fingerprint density at radius 3 is 2.62 bits per heavy atom. The molecule has 5 nitrogen and oxygen atoms in total. The Morgan fingerprint density at radius 2 is 2.06 bits per heavy atom. The zero-order valence-corrected chi connectivity index (χ0v) is 10.4. The van der Waals surface area contributed by atoms with Crippen LogP contribution in [0.25, 0.3) is 0 Å². The van der Waals surface area contributed by atoms with Crippen LogP contribution < -0.4 is 5.73 Å². The number of sulfonamides is 1. The second-order valence-corrected chi connectivity index (χ2v) is 6.86. The summed E-state index contributed by atoms with van der Waals surface area (Å²) >= 11 is 0. The molecule has 0 aromatic heterocycles. The fourth-order valence-electron chi connectivity index (χ4n) is 2.05. The summed E-state index contributed by atoms with van der Waals surface area (Å²) in [5.41, 5.74) is 5.54. The third-order valence-corrected chi connectivity index (χ3v) is 5.07. The van der Waals surface area contributed by atoms with Gasteiger partial charge in [-0.2, -0.15) is 4.31 Å². The highest BCUT2D eigenvalue weighted by Gasteiger charge is 2.36. The molecule has 0 aromatic carbocycles. The molecule has 0 radical (unpaired) electrons. The van der Waals surface area contributed by atoms with Gasteiger partial charge in [0.1, 0.15) is 0 Å². The minimum atomic E-state index is -3.10. The van der Waals surface area contributed by atoms with Gasteiger partial charge < -0.3 is 10.5 Å². The van der Waals surface area contributed by atoms with E-state index in [9.17, 15) is 8.42 Å². The van der Waals surface area contributed by atoms with Gasteiger partial charge in [-0.05, 0) is 25.7 Å². The standard InChI is InChI=1S/C10H20N2O3S/c1-8-5-12(6-10(4-11)15-8)16(13,14)7-9-2-3-9/h8-10H,2-7,11H2,1H3. The SMILES string of the molecule is CC1CN(S(=O)(=O)CC2CC2)CC(CN)O1. The Balaban J connectivity index is 2.01. The lowest BCUT2D eigenvalue weighted by Crippen LogP contribution is -2.52. The number of hydrogen-bond donors (Lipinski definition) is 1. The van der Waals surface area contributed by atoms with E-state index in [4.69, 9.17) is 10.5 Å². The Kier molecular flexibility index (Phi) is 3.53. The maximum absolute atomic E-state index is 12.1. The molecule has 1 aliphatic carbocycles. The highest BCUT2D eigenvalue weighted by molar-refractivity contribution is 7.89. The molecule has 0 amide bonds. The molecular weight excluding hydrogens is 228 g/mol. The van der Waals surface area contributed by atoms with Gasteiger partial charge in [0.05, 0.1) is 18.0 Å². The van der Waals surface area contributed by atoms with Gasteiger partial charge >= 0.3 is 0 Å². The number of rotatable bonds is 4. The summed E-state index contributed by atoms with van der Waals surface area (Å²) in [5.74, 6) is 0.691. The molecule has 2 fully saturated rings. The van der Waals surface area contributed by atoms with Crippen molar-refractivity contribution in [3.63, 3.8) is 0 Å². The van der Waals surface area contributed by atoms with Crippen molar-refractivity contribution in [1.82, 2.24) is 4.31 Å². The lowest BCUT2D eigenvalue weighted by atomic mass is 10.2. The van der Waals surface area contributed by atoms with Crippen LogP contribution in [0.2, 0.25) is 0 Å². The monoisotopic (exact) mass is 248 g/mol. The maximum Gasteiger partial charge on any atom is 0.214 e. The van der Waals surface area contributed by atoms with Crippen molar-refractivity contribution in [1.29, 1.82) is 0 Å². The van der Waals surface area contributed by atoms with E-state index in [1.807, 2.05) is 6.92 Å². The van der Waals surface area contributed by atoms with E-state index in [0.29, 0.717) is 31.3 Å². The minimum absolute atomic E-state index is 0.0590. The van der Waals surface area contributed by atoms with E-state index >= 15 is 0 Å². The van der Waals surface area contributed by atoms with Crippen LogP contribution in [-0.2, 0) is 14.8 Å². The van der Waals surface area contributed by atoms with E-state index in [-0.39, 0.29) is 12.2 Å². The maximum atomic E-state index is 12.1. The van der Waals surface area contributed by atoms with Crippen LogP contribution in [0.15, 0.2) is 0 Å². The number of ether oxygens (including phenoxy) is 1. The van der Waals surface area contributed by atoms with Crippen LogP contribution in [0.1, 0.15) is 19.8 Å². The van der Waals surface area contributed by atoms with Gasteiger partial charge in [-0.25, -0.2) is 8.42 Å². The molecule has 94 valence electrons. The third-order valence-electron chi connectivity index (χ3n) is 3.09. The van der Waals surface area contributed by atoms with E-state index in [1.165, 1.54) is 0 Å². The van der Waals surface area contributed by atoms with Crippen LogP contribution in [0.3, 0.4) is 0 Å². The first kappa shape index (κ1) is 12.3. The lowest BCUT2D eigenvalue weighted by Gasteiger charge is -2.35. The van der Waals surface area contributed by atoms with Crippen LogP contribution in [-0.4, -0.2) is 50.3 Å². The average molecular weight is 248 g/mol. The second-order valence-electron chi connectivity index (χ2n) is 4.84. The van der Waals surface area contributed by atoms with Gasteiger partial charge in [0.15, 0.2) is 0 Å². The molecule has 16 heavy (non-hydrogen) atoms. The Bertz CT molecular complexity index is 340. The topological polar surface area (TPSA) is 72.6 Å². The highest BCUT2D eigenvalue weighted by Crippen LogP contribution is 2.31. The van der Waals surface area contributed by atoms with Gasteiger partial charge in [-0.3, -0.25) is 0 Å². The van der Waals surface area contributed by atoms with Crippen molar-refractivity contribution in [2.24, 2.45) is 11.7 Å². The number of hydrogen-bond acceptors (Lipinski definition) is 4. The van der Waals surface area contributed by atoms with Crippen molar-refractivity contribution in [3.8, 4) is 0 Å². The summed E-state index contributed by atoms with van der Waals surface area (Å²) in [6.07, 6.45) is 1.90. The molecule has 2 rings (SSSR count). The fourth-order valence-corrected chi connectivity index (χ4v) is 4.02. The molecule has 1 saturated heterocycles. The third kappa shape index (κ3) is 2.94. The van der Waals surface area contributed by atoms with Gasteiger partial charge in [-0.1, -0.05) is 0 Å².